The van der Waals surface area contributed by atoms with E-state index in [1.54, 1.807) is 0 Å². The van der Waals surface area contributed by atoms with Crippen molar-refractivity contribution in [2.75, 3.05) is 33.0 Å². The number of carbonyl (C=O) groups excluding carboxylic acids is 1. The third-order valence-electron chi connectivity index (χ3n) is 5.49. The lowest BCUT2D eigenvalue weighted by Gasteiger charge is -2.37. The van der Waals surface area contributed by atoms with Crippen LogP contribution in [0.2, 0.25) is 0 Å². The maximum Gasteiger partial charge on any atom is 0.237 e. The summed E-state index contributed by atoms with van der Waals surface area (Å²) in [5.41, 5.74) is 2.35. The SMILES string of the molecule is C[C@H](C(=O)NCc1ccccc1)N1CCN(Cc2ccc3c(c2)OCO3)CC1. The minimum Gasteiger partial charge on any atom is -0.454 e. The lowest BCUT2D eigenvalue weighted by Crippen LogP contribution is -2.53. The minimum absolute atomic E-state index is 0.0908. The fraction of sp³-hybridized carbons (Fsp3) is 0.409. The second-order valence-electron chi connectivity index (χ2n) is 7.38. The van der Waals surface area contributed by atoms with Gasteiger partial charge in [0.1, 0.15) is 0 Å². The van der Waals surface area contributed by atoms with Crippen LogP contribution in [0.4, 0.5) is 0 Å². The van der Waals surface area contributed by atoms with Gasteiger partial charge in [-0.25, -0.2) is 0 Å². The third kappa shape index (κ3) is 4.46. The Morgan fingerprint density at radius 3 is 2.54 bits per heavy atom. The quantitative estimate of drug-likeness (QED) is 0.832. The number of ether oxygens (including phenoxy) is 2. The Morgan fingerprint density at radius 1 is 1.00 bits per heavy atom. The smallest absolute Gasteiger partial charge is 0.237 e. The van der Waals surface area contributed by atoms with Gasteiger partial charge in [-0.2, -0.15) is 0 Å². The summed E-state index contributed by atoms with van der Waals surface area (Å²) in [5.74, 6) is 1.75. The van der Waals surface area contributed by atoms with Gasteiger partial charge in [0.05, 0.1) is 6.04 Å². The summed E-state index contributed by atoms with van der Waals surface area (Å²) in [6.07, 6.45) is 0. The van der Waals surface area contributed by atoms with E-state index in [4.69, 9.17) is 9.47 Å². The molecule has 0 bridgehead atoms. The number of amides is 1. The molecule has 6 nitrogen and oxygen atoms in total. The summed E-state index contributed by atoms with van der Waals surface area (Å²) in [6, 6.07) is 16.0. The predicted molar refractivity (Wildman–Crippen MR) is 107 cm³/mol. The van der Waals surface area contributed by atoms with Crippen LogP contribution in [0.3, 0.4) is 0 Å². The Morgan fingerprint density at radius 2 is 1.75 bits per heavy atom. The Balaban J connectivity index is 1.23. The number of hydrogen-bond acceptors (Lipinski definition) is 5. The number of benzene rings is 2. The molecule has 148 valence electrons. The van der Waals surface area contributed by atoms with Gasteiger partial charge in [0.15, 0.2) is 11.5 Å². The molecule has 0 spiro atoms. The van der Waals surface area contributed by atoms with Gasteiger partial charge in [-0.1, -0.05) is 36.4 Å². The molecule has 1 saturated heterocycles. The van der Waals surface area contributed by atoms with E-state index >= 15 is 0 Å². The summed E-state index contributed by atoms with van der Waals surface area (Å²) >= 11 is 0. The number of nitrogens with zero attached hydrogens (tertiary/aromatic N) is 2. The summed E-state index contributed by atoms with van der Waals surface area (Å²) < 4.78 is 10.8. The Labute approximate surface area is 166 Å². The molecule has 4 rings (SSSR count). The average Bonchev–Trinajstić information content (AvgIpc) is 3.21. The Kier molecular flexibility index (Phi) is 5.78. The second-order valence-corrected chi connectivity index (χ2v) is 7.38. The summed E-state index contributed by atoms with van der Waals surface area (Å²) in [7, 11) is 0. The van der Waals surface area contributed by atoms with Gasteiger partial charge >= 0.3 is 0 Å². The molecule has 2 aromatic carbocycles. The van der Waals surface area contributed by atoms with Crippen molar-refractivity contribution in [1.82, 2.24) is 15.1 Å². The van der Waals surface area contributed by atoms with E-state index < -0.39 is 0 Å². The van der Waals surface area contributed by atoms with Gasteiger partial charge in [-0.05, 0) is 30.2 Å². The number of rotatable bonds is 6. The molecular weight excluding hydrogens is 354 g/mol. The molecule has 6 heteroatoms. The van der Waals surface area contributed by atoms with Crippen LogP contribution in [0.1, 0.15) is 18.1 Å². The lowest BCUT2D eigenvalue weighted by molar-refractivity contribution is -0.126. The third-order valence-corrected chi connectivity index (χ3v) is 5.49. The molecule has 0 aromatic heterocycles. The first kappa shape index (κ1) is 18.8. The molecular formula is C22H27N3O3. The number of fused-ring (bicyclic) bond motifs is 1. The molecule has 0 aliphatic carbocycles. The topological polar surface area (TPSA) is 54.0 Å². The molecule has 0 radical (unpaired) electrons. The van der Waals surface area contributed by atoms with E-state index in [2.05, 4.69) is 27.2 Å². The molecule has 1 fully saturated rings. The summed E-state index contributed by atoms with van der Waals surface area (Å²) in [6.45, 7) is 7.45. The van der Waals surface area contributed by atoms with Crippen LogP contribution in [0, 0.1) is 0 Å². The monoisotopic (exact) mass is 381 g/mol. The summed E-state index contributed by atoms with van der Waals surface area (Å²) in [4.78, 5) is 17.2. The van der Waals surface area contributed by atoms with E-state index in [9.17, 15) is 4.79 Å². The Bertz CT molecular complexity index is 804. The van der Waals surface area contributed by atoms with E-state index in [1.807, 2.05) is 43.3 Å². The van der Waals surface area contributed by atoms with Gasteiger partial charge < -0.3 is 14.8 Å². The molecule has 2 aromatic rings. The number of hydrogen-bond donors (Lipinski definition) is 1. The molecule has 28 heavy (non-hydrogen) atoms. The van der Waals surface area contributed by atoms with Crippen molar-refractivity contribution in [2.45, 2.75) is 26.1 Å². The lowest BCUT2D eigenvalue weighted by atomic mass is 10.1. The van der Waals surface area contributed by atoms with Crippen LogP contribution in [-0.4, -0.2) is 54.7 Å². The maximum atomic E-state index is 12.5. The van der Waals surface area contributed by atoms with Crippen molar-refractivity contribution in [3.05, 3.63) is 59.7 Å². The van der Waals surface area contributed by atoms with Crippen molar-refractivity contribution < 1.29 is 14.3 Å². The van der Waals surface area contributed by atoms with Crippen LogP contribution >= 0.6 is 0 Å². The van der Waals surface area contributed by atoms with Crippen molar-refractivity contribution in [3.8, 4) is 11.5 Å². The predicted octanol–water partition coefficient (Wildman–Crippen LogP) is 2.24. The van der Waals surface area contributed by atoms with Crippen molar-refractivity contribution in [3.63, 3.8) is 0 Å². The van der Waals surface area contributed by atoms with E-state index in [0.717, 1.165) is 49.8 Å². The molecule has 0 saturated carbocycles. The first-order valence-corrected chi connectivity index (χ1v) is 9.85. The molecule has 1 amide bonds. The fourth-order valence-electron chi connectivity index (χ4n) is 3.70. The van der Waals surface area contributed by atoms with Crippen LogP contribution in [0.5, 0.6) is 11.5 Å². The zero-order valence-electron chi connectivity index (χ0n) is 16.3. The standard InChI is InChI=1S/C22H27N3O3/c1-17(22(26)23-14-18-5-3-2-4-6-18)25-11-9-24(10-12-25)15-19-7-8-20-21(13-19)28-16-27-20/h2-8,13,17H,9-12,14-16H2,1H3,(H,23,26)/t17-/m1/s1. The fourth-order valence-corrected chi connectivity index (χ4v) is 3.70. The molecule has 2 aliphatic heterocycles. The number of piperazine rings is 1. The molecule has 0 unspecified atom stereocenters. The van der Waals surface area contributed by atoms with Crippen LogP contribution in [0.15, 0.2) is 48.5 Å². The van der Waals surface area contributed by atoms with Crippen LogP contribution in [-0.2, 0) is 17.9 Å². The molecule has 2 aliphatic rings. The first-order chi connectivity index (χ1) is 13.7. The van der Waals surface area contributed by atoms with Crippen molar-refractivity contribution in [1.29, 1.82) is 0 Å². The van der Waals surface area contributed by atoms with Gasteiger partial charge in [0.25, 0.3) is 0 Å². The van der Waals surface area contributed by atoms with E-state index in [1.165, 1.54) is 5.56 Å². The number of nitrogens with one attached hydrogen (secondary N) is 1. The zero-order valence-corrected chi connectivity index (χ0v) is 16.3. The Hall–Kier alpha value is -2.57. The van der Waals surface area contributed by atoms with Crippen molar-refractivity contribution >= 4 is 5.91 Å². The van der Waals surface area contributed by atoms with E-state index in [-0.39, 0.29) is 11.9 Å². The molecule has 1 N–H and O–H groups in total. The van der Waals surface area contributed by atoms with Gasteiger partial charge in [-0.15, -0.1) is 0 Å². The zero-order chi connectivity index (χ0) is 19.3. The van der Waals surface area contributed by atoms with Crippen molar-refractivity contribution in [2.24, 2.45) is 0 Å². The summed E-state index contributed by atoms with van der Waals surface area (Å²) in [5, 5.41) is 3.05. The first-order valence-electron chi connectivity index (χ1n) is 9.85. The van der Waals surface area contributed by atoms with Gasteiger partial charge in [0.2, 0.25) is 12.7 Å². The van der Waals surface area contributed by atoms with Gasteiger partial charge in [0, 0.05) is 39.3 Å². The average molecular weight is 381 g/mol. The highest BCUT2D eigenvalue weighted by atomic mass is 16.7. The highest BCUT2D eigenvalue weighted by Gasteiger charge is 2.25. The van der Waals surface area contributed by atoms with Crippen LogP contribution in [0.25, 0.3) is 0 Å². The number of carbonyl (C=O) groups is 1. The molecule has 1 atom stereocenters. The van der Waals surface area contributed by atoms with Crippen LogP contribution < -0.4 is 14.8 Å². The van der Waals surface area contributed by atoms with E-state index in [0.29, 0.717) is 13.3 Å². The van der Waals surface area contributed by atoms with Gasteiger partial charge in [-0.3, -0.25) is 14.6 Å². The maximum absolute atomic E-state index is 12.5. The largest absolute Gasteiger partial charge is 0.454 e. The minimum atomic E-state index is -0.114. The second kappa shape index (κ2) is 8.63. The molecule has 2 heterocycles. The normalized spacial score (nSPS) is 18.0. The highest BCUT2D eigenvalue weighted by molar-refractivity contribution is 5.81. The highest BCUT2D eigenvalue weighted by Crippen LogP contribution is 2.32.